The first-order valence-corrected chi connectivity index (χ1v) is 5.71. The van der Waals surface area contributed by atoms with Gasteiger partial charge in [0.2, 0.25) is 0 Å². The number of hydrogen-bond acceptors (Lipinski definition) is 3. The molecule has 1 atom stereocenters. The van der Waals surface area contributed by atoms with E-state index in [1.165, 1.54) is 12.8 Å². The molecule has 0 radical (unpaired) electrons. The molecule has 1 fully saturated rings. The van der Waals surface area contributed by atoms with Crippen LogP contribution in [0.25, 0.3) is 0 Å². The van der Waals surface area contributed by atoms with Gasteiger partial charge in [-0.15, -0.1) is 0 Å². The molecule has 1 aliphatic heterocycles. The van der Waals surface area contributed by atoms with Gasteiger partial charge in [0.1, 0.15) is 0 Å². The lowest BCUT2D eigenvalue weighted by molar-refractivity contribution is 0.284. The number of H-pyrrole nitrogens is 2. The van der Waals surface area contributed by atoms with Crippen LogP contribution in [0.1, 0.15) is 25.8 Å². The lowest BCUT2D eigenvalue weighted by atomic mass is 10.3. The SMILES string of the molecule is CC(CN1CCCC1)n1c(=O)[nH][nH]c1=S. The number of hydrogen-bond donors (Lipinski definition) is 2. The Labute approximate surface area is 93.1 Å². The van der Waals surface area contributed by atoms with Crippen molar-refractivity contribution in [3.05, 3.63) is 15.3 Å². The third-order valence-corrected chi connectivity index (χ3v) is 3.17. The van der Waals surface area contributed by atoms with E-state index < -0.39 is 0 Å². The Morgan fingerprint density at radius 3 is 2.60 bits per heavy atom. The minimum atomic E-state index is -0.147. The van der Waals surface area contributed by atoms with E-state index in [0.29, 0.717) is 4.77 Å². The molecular weight excluding hydrogens is 212 g/mol. The Morgan fingerprint density at radius 1 is 1.40 bits per heavy atom. The molecule has 0 saturated carbocycles. The van der Waals surface area contributed by atoms with Crippen molar-refractivity contribution in [3.63, 3.8) is 0 Å². The van der Waals surface area contributed by atoms with Crippen molar-refractivity contribution in [2.24, 2.45) is 0 Å². The van der Waals surface area contributed by atoms with Crippen LogP contribution in [-0.4, -0.2) is 39.3 Å². The van der Waals surface area contributed by atoms with Crippen molar-refractivity contribution in [3.8, 4) is 0 Å². The summed E-state index contributed by atoms with van der Waals surface area (Å²) in [6, 6.07) is 0.130. The molecule has 1 aromatic rings. The summed E-state index contributed by atoms with van der Waals surface area (Å²) in [4.78, 5) is 13.8. The first-order valence-electron chi connectivity index (χ1n) is 5.30. The molecule has 84 valence electrons. The summed E-state index contributed by atoms with van der Waals surface area (Å²) in [6.45, 7) is 5.20. The fourth-order valence-electron chi connectivity index (χ4n) is 2.14. The Hall–Kier alpha value is -0.880. The van der Waals surface area contributed by atoms with Gasteiger partial charge >= 0.3 is 5.69 Å². The molecule has 0 amide bonds. The van der Waals surface area contributed by atoms with E-state index in [2.05, 4.69) is 15.1 Å². The molecule has 1 aliphatic rings. The van der Waals surface area contributed by atoms with Crippen LogP contribution in [0.3, 0.4) is 0 Å². The van der Waals surface area contributed by atoms with E-state index in [4.69, 9.17) is 12.2 Å². The summed E-state index contributed by atoms with van der Waals surface area (Å²) in [5, 5.41) is 5.17. The van der Waals surface area contributed by atoms with Crippen LogP contribution in [0.4, 0.5) is 0 Å². The predicted molar refractivity (Wildman–Crippen MR) is 60.6 cm³/mol. The van der Waals surface area contributed by atoms with Gasteiger partial charge in [-0.05, 0) is 45.1 Å². The van der Waals surface area contributed by atoms with Gasteiger partial charge in [0.25, 0.3) is 0 Å². The lowest BCUT2D eigenvalue weighted by Gasteiger charge is -2.20. The van der Waals surface area contributed by atoms with Gasteiger partial charge in [0.15, 0.2) is 4.77 Å². The van der Waals surface area contributed by atoms with E-state index >= 15 is 0 Å². The quantitative estimate of drug-likeness (QED) is 0.755. The monoisotopic (exact) mass is 228 g/mol. The van der Waals surface area contributed by atoms with E-state index in [1.807, 2.05) is 6.92 Å². The smallest absolute Gasteiger partial charge is 0.301 e. The first-order chi connectivity index (χ1) is 7.18. The molecule has 5 nitrogen and oxygen atoms in total. The number of aromatic amines is 2. The molecule has 0 aromatic carbocycles. The molecule has 6 heteroatoms. The highest BCUT2D eigenvalue weighted by molar-refractivity contribution is 7.71. The van der Waals surface area contributed by atoms with Gasteiger partial charge in [0.05, 0.1) is 6.04 Å². The van der Waals surface area contributed by atoms with Gasteiger partial charge in [-0.2, -0.15) is 0 Å². The van der Waals surface area contributed by atoms with E-state index in [-0.39, 0.29) is 11.7 Å². The highest BCUT2D eigenvalue weighted by atomic mass is 32.1. The van der Waals surface area contributed by atoms with Gasteiger partial charge in [-0.3, -0.25) is 9.67 Å². The fourth-order valence-corrected chi connectivity index (χ4v) is 2.45. The number of rotatable bonds is 3. The average Bonchev–Trinajstić information content (AvgIpc) is 2.77. The minimum absolute atomic E-state index is 0.130. The first kappa shape index (κ1) is 10.6. The van der Waals surface area contributed by atoms with Gasteiger partial charge < -0.3 is 4.90 Å². The largest absolute Gasteiger partial charge is 0.342 e. The second-order valence-electron chi connectivity index (χ2n) is 4.09. The number of aromatic nitrogens is 3. The van der Waals surface area contributed by atoms with Crippen molar-refractivity contribution in [1.29, 1.82) is 0 Å². The number of nitrogens with one attached hydrogen (secondary N) is 2. The summed E-state index contributed by atoms with van der Waals surface area (Å²) >= 11 is 5.05. The summed E-state index contributed by atoms with van der Waals surface area (Å²) in [5.74, 6) is 0. The van der Waals surface area contributed by atoms with Crippen LogP contribution < -0.4 is 5.69 Å². The van der Waals surface area contributed by atoms with Crippen molar-refractivity contribution < 1.29 is 0 Å². The third kappa shape index (κ3) is 2.21. The van der Waals surface area contributed by atoms with Crippen molar-refractivity contribution in [2.75, 3.05) is 19.6 Å². The maximum atomic E-state index is 11.4. The molecule has 0 aliphatic carbocycles. The topological polar surface area (TPSA) is 56.8 Å². The highest BCUT2D eigenvalue weighted by Crippen LogP contribution is 2.12. The third-order valence-electron chi connectivity index (χ3n) is 2.88. The van der Waals surface area contributed by atoms with Gasteiger partial charge in [-0.1, -0.05) is 0 Å². The highest BCUT2D eigenvalue weighted by Gasteiger charge is 2.17. The Balaban J connectivity index is 2.10. The molecule has 1 unspecified atom stereocenters. The van der Waals surface area contributed by atoms with Crippen molar-refractivity contribution >= 4 is 12.2 Å². The molecule has 2 N–H and O–H groups in total. The second-order valence-corrected chi connectivity index (χ2v) is 4.47. The Bertz CT molecular complexity index is 398. The zero-order valence-electron chi connectivity index (χ0n) is 8.82. The zero-order valence-corrected chi connectivity index (χ0v) is 9.64. The molecular formula is C9H16N4OS. The summed E-state index contributed by atoms with van der Waals surface area (Å²) < 4.78 is 2.08. The van der Waals surface area contributed by atoms with Crippen molar-refractivity contribution in [1.82, 2.24) is 19.7 Å². The van der Waals surface area contributed by atoms with Gasteiger partial charge in [0, 0.05) is 6.54 Å². The standard InChI is InChI=1S/C9H16N4OS/c1-7(6-12-4-2-3-5-12)13-8(14)10-11-9(13)15/h7H,2-6H2,1H3,(H,10,14)(H,11,15). The molecule has 1 aromatic heterocycles. The number of nitrogens with zero attached hydrogens (tertiary/aromatic N) is 2. The molecule has 15 heavy (non-hydrogen) atoms. The Kier molecular flexibility index (Phi) is 3.06. The van der Waals surface area contributed by atoms with E-state index in [9.17, 15) is 4.79 Å². The molecule has 0 spiro atoms. The maximum Gasteiger partial charge on any atom is 0.342 e. The van der Waals surface area contributed by atoms with Gasteiger partial charge in [-0.25, -0.2) is 9.89 Å². The molecule has 1 saturated heterocycles. The maximum absolute atomic E-state index is 11.4. The Morgan fingerprint density at radius 2 is 2.07 bits per heavy atom. The lowest BCUT2D eigenvalue weighted by Crippen LogP contribution is -2.31. The van der Waals surface area contributed by atoms with E-state index in [0.717, 1.165) is 19.6 Å². The average molecular weight is 228 g/mol. The molecule has 0 bridgehead atoms. The molecule has 2 heterocycles. The van der Waals surface area contributed by atoms with Crippen LogP contribution in [0.2, 0.25) is 0 Å². The number of likely N-dealkylation sites (tertiary alicyclic amines) is 1. The minimum Gasteiger partial charge on any atom is -0.301 e. The van der Waals surface area contributed by atoms with Crippen LogP contribution in [0.5, 0.6) is 0 Å². The zero-order chi connectivity index (χ0) is 10.8. The van der Waals surface area contributed by atoms with Crippen LogP contribution in [-0.2, 0) is 0 Å². The normalized spacial score (nSPS) is 19.5. The summed E-state index contributed by atoms with van der Waals surface area (Å²) in [6.07, 6.45) is 2.53. The van der Waals surface area contributed by atoms with Crippen LogP contribution in [0, 0.1) is 4.77 Å². The van der Waals surface area contributed by atoms with E-state index in [1.54, 1.807) is 4.57 Å². The van der Waals surface area contributed by atoms with Crippen molar-refractivity contribution in [2.45, 2.75) is 25.8 Å². The predicted octanol–water partition coefficient (Wildman–Crippen LogP) is 0.891. The fraction of sp³-hybridized carbons (Fsp3) is 0.778. The summed E-state index contributed by atoms with van der Waals surface area (Å²) in [7, 11) is 0. The van der Waals surface area contributed by atoms with Crippen LogP contribution in [0.15, 0.2) is 4.79 Å². The summed E-state index contributed by atoms with van der Waals surface area (Å²) in [5.41, 5.74) is -0.147. The molecule has 2 rings (SSSR count). The second kappa shape index (κ2) is 4.32. The van der Waals surface area contributed by atoms with Crippen LogP contribution >= 0.6 is 12.2 Å².